The smallest absolute Gasteiger partial charge is 0.290 e. The Labute approximate surface area is 102 Å². The minimum atomic E-state index is -0.762. The fourth-order valence-electron chi connectivity index (χ4n) is 1.46. The van der Waals surface area contributed by atoms with Crippen LogP contribution in [0.15, 0.2) is 28.8 Å². The minimum Gasteiger partial charge on any atom is -0.508 e. The van der Waals surface area contributed by atoms with Crippen molar-refractivity contribution in [2.75, 3.05) is 0 Å². The summed E-state index contributed by atoms with van der Waals surface area (Å²) in [6.45, 7) is 0. The molecule has 1 unspecified atom stereocenters. The lowest BCUT2D eigenvalue weighted by molar-refractivity contribution is 0.0987. The van der Waals surface area contributed by atoms with Crippen molar-refractivity contribution in [3.63, 3.8) is 0 Å². The maximum absolute atomic E-state index is 10.8. The first-order valence-corrected chi connectivity index (χ1v) is 5.23. The van der Waals surface area contributed by atoms with Crippen LogP contribution in [0.3, 0.4) is 0 Å². The highest BCUT2D eigenvalue weighted by Gasteiger charge is 2.17. The van der Waals surface area contributed by atoms with Crippen molar-refractivity contribution < 1.29 is 14.4 Å². The second-order valence-corrected chi connectivity index (χ2v) is 3.80. The number of phenols is 1. The van der Waals surface area contributed by atoms with Crippen LogP contribution in [0.2, 0.25) is 0 Å². The van der Waals surface area contributed by atoms with E-state index in [9.17, 15) is 4.79 Å². The number of nitrogens with zero attached hydrogens (tertiary/aromatic N) is 2. The molecule has 1 atom stereocenters. The number of hydrogen-bond donors (Lipinski definition) is 3. The first-order valence-electron chi connectivity index (χ1n) is 5.23. The molecule has 18 heavy (non-hydrogen) atoms. The number of carbonyl (C=O) groups is 1. The molecular weight excluding hydrogens is 236 g/mol. The SMILES string of the molecule is NC(=O)c1noc(C(N)Cc2ccc(O)cc2)n1. The molecule has 7 nitrogen and oxygen atoms in total. The molecule has 0 aliphatic heterocycles. The van der Waals surface area contributed by atoms with Gasteiger partial charge in [0.05, 0.1) is 6.04 Å². The molecule has 1 aromatic heterocycles. The van der Waals surface area contributed by atoms with E-state index >= 15 is 0 Å². The molecule has 1 heterocycles. The van der Waals surface area contributed by atoms with Crippen LogP contribution >= 0.6 is 0 Å². The zero-order chi connectivity index (χ0) is 13.1. The number of aromatic hydroxyl groups is 1. The fraction of sp³-hybridized carbons (Fsp3) is 0.182. The van der Waals surface area contributed by atoms with Crippen molar-refractivity contribution >= 4 is 5.91 Å². The fourth-order valence-corrected chi connectivity index (χ4v) is 1.46. The van der Waals surface area contributed by atoms with Crippen molar-refractivity contribution in [1.29, 1.82) is 0 Å². The van der Waals surface area contributed by atoms with Crippen molar-refractivity contribution in [2.45, 2.75) is 12.5 Å². The van der Waals surface area contributed by atoms with E-state index in [-0.39, 0.29) is 17.5 Å². The summed E-state index contributed by atoms with van der Waals surface area (Å²) in [5.74, 6) is -0.619. The van der Waals surface area contributed by atoms with Gasteiger partial charge in [0, 0.05) is 0 Å². The molecule has 0 saturated heterocycles. The van der Waals surface area contributed by atoms with Gasteiger partial charge in [-0.05, 0) is 24.1 Å². The minimum absolute atomic E-state index is 0.150. The second-order valence-electron chi connectivity index (χ2n) is 3.80. The summed E-state index contributed by atoms with van der Waals surface area (Å²) in [5.41, 5.74) is 11.8. The summed E-state index contributed by atoms with van der Waals surface area (Å²) >= 11 is 0. The molecule has 0 radical (unpaired) electrons. The Bertz CT molecular complexity index is 550. The molecule has 0 bridgehead atoms. The van der Waals surface area contributed by atoms with Gasteiger partial charge >= 0.3 is 0 Å². The number of amides is 1. The summed E-state index contributed by atoms with van der Waals surface area (Å²) in [4.78, 5) is 14.6. The number of phenolic OH excluding ortho intramolecular Hbond substituents is 1. The van der Waals surface area contributed by atoms with E-state index in [1.54, 1.807) is 24.3 Å². The molecule has 0 spiro atoms. The Balaban J connectivity index is 2.09. The lowest BCUT2D eigenvalue weighted by Gasteiger charge is -2.06. The number of hydrogen-bond acceptors (Lipinski definition) is 6. The molecule has 0 aliphatic carbocycles. The molecule has 7 heteroatoms. The zero-order valence-corrected chi connectivity index (χ0v) is 9.41. The molecule has 2 aromatic rings. The summed E-state index contributed by atoms with van der Waals surface area (Å²) < 4.78 is 4.85. The monoisotopic (exact) mass is 248 g/mol. The third-order valence-electron chi connectivity index (χ3n) is 2.37. The Morgan fingerprint density at radius 1 is 1.39 bits per heavy atom. The Hall–Kier alpha value is -2.41. The van der Waals surface area contributed by atoms with Crippen molar-refractivity contribution in [2.24, 2.45) is 11.5 Å². The lowest BCUT2D eigenvalue weighted by Crippen LogP contribution is -2.16. The van der Waals surface area contributed by atoms with Crippen LogP contribution in [-0.2, 0) is 6.42 Å². The van der Waals surface area contributed by atoms with E-state index in [0.717, 1.165) is 5.56 Å². The van der Waals surface area contributed by atoms with Gasteiger partial charge in [-0.25, -0.2) is 0 Å². The van der Waals surface area contributed by atoms with Gasteiger partial charge in [-0.15, -0.1) is 0 Å². The van der Waals surface area contributed by atoms with Crippen molar-refractivity contribution in [3.05, 3.63) is 41.5 Å². The van der Waals surface area contributed by atoms with Crippen molar-refractivity contribution in [1.82, 2.24) is 10.1 Å². The van der Waals surface area contributed by atoms with Gasteiger partial charge in [-0.3, -0.25) is 4.79 Å². The highest BCUT2D eigenvalue weighted by atomic mass is 16.5. The highest BCUT2D eigenvalue weighted by molar-refractivity contribution is 5.88. The average molecular weight is 248 g/mol. The standard InChI is InChI=1S/C11H12N4O3/c12-8(5-6-1-3-7(16)4-2-6)11-14-10(9(13)17)15-18-11/h1-4,8,16H,5,12H2,(H2,13,17). The zero-order valence-electron chi connectivity index (χ0n) is 9.41. The number of benzene rings is 1. The van der Waals surface area contributed by atoms with Gasteiger partial charge in [-0.1, -0.05) is 17.3 Å². The van der Waals surface area contributed by atoms with Crippen LogP contribution in [0.1, 0.15) is 28.1 Å². The summed E-state index contributed by atoms with van der Waals surface area (Å²) in [6.07, 6.45) is 0.445. The number of primary amides is 1. The Kier molecular flexibility index (Phi) is 3.24. The maximum atomic E-state index is 10.8. The normalized spacial score (nSPS) is 12.3. The van der Waals surface area contributed by atoms with E-state index < -0.39 is 11.9 Å². The Morgan fingerprint density at radius 2 is 2.06 bits per heavy atom. The van der Waals surface area contributed by atoms with Gasteiger partial charge in [0.15, 0.2) is 0 Å². The molecule has 0 fully saturated rings. The number of nitrogens with two attached hydrogens (primary N) is 2. The van der Waals surface area contributed by atoms with Crippen LogP contribution in [0.5, 0.6) is 5.75 Å². The topological polar surface area (TPSA) is 128 Å². The summed E-state index contributed by atoms with van der Waals surface area (Å²) in [7, 11) is 0. The maximum Gasteiger partial charge on any atom is 0.290 e. The molecular formula is C11H12N4O3. The molecule has 5 N–H and O–H groups in total. The molecule has 1 amide bonds. The number of aromatic nitrogens is 2. The second kappa shape index (κ2) is 4.84. The quantitative estimate of drug-likeness (QED) is 0.704. The van der Waals surface area contributed by atoms with E-state index in [0.29, 0.717) is 6.42 Å². The highest BCUT2D eigenvalue weighted by Crippen LogP contribution is 2.16. The van der Waals surface area contributed by atoms with E-state index in [4.69, 9.17) is 21.1 Å². The van der Waals surface area contributed by atoms with E-state index in [2.05, 4.69) is 10.1 Å². The third kappa shape index (κ3) is 2.64. The van der Waals surface area contributed by atoms with Crippen LogP contribution in [0.4, 0.5) is 0 Å². The Morgan fingerprint density at radius 3 is 2.61 bits per heavy atom. The van der Waals surface area contributed by atoms with Crippen LogP contribution in [0, 0.1) is 0 Å². The van der Waals surface area contributed by atoms with Gasteiger partial charge in [0.2, 0.25) is 5.89 Å². The first-order chi connectivity index (χ1) is 8.56. The van der Waals surface area contributed by atoms with E-state index in [1.807, 2.05) is 0 Å². The predicted molar refractivity (Wildman–Crippen MR) is 61.6 cm³/mol. The van der Waals surface area contributed by atoms with Gasteiger partial charge in [0.1, 0.15) is 5.75 Å². The van der Waals surface area contributed by atoms with Crippen LogP contribution in [0.25, 0.3) is 0 Å². The van der Waals surface area contributed by atoms with Crippen molar-refractivity contribution in [3.8, 4) is 5.75 Å². The number of carbonyl (C=O) groups excluding carboxylic acids is 1. The molecule has 2 rings (SSSR count). The molecule has 94 valence electrons. The molecule has 0 saturated carbocycles. The van der Waals surface area contributed by atoms with Gasteiger partial charge in [0.25, 0.3) is 11.7 Å². The van der Waals surface area contributed by atoms with Gasteiger partial charge in [-0.2, -0.15) is 4.98 Å². The first kappa shape index (κ1) is 12.1. The average Bonchev–Trinajstić information content (AvgIpc) is 2.81. The molecule has 1 aromatic carbocycles. The van der Waals surface area contributed by atoms with Crippen LogP contribution < -0.4 is 11.5 Å². The number of rotatable bonds is 4. The predicted octanol–water partition coefficient (Wildman–Crippen LogP) is 0.117. The molecule has 0 aliphatic rings. The largest absolute Gasteiger partial charge is 0.508 e. The van der Waals surface area contributed by atoms with Gasteiger partial charge < -0.3 is 21.1 Å². The lowest BCUT2D eigenvalue weighted by atomic mass is 10.1. The summed E-state index contributed by atoms with van der Waals surface area (Å²) in [6, 6.07) is 6.06. The third-order valence-corrected chi connectivity index (χ3v) is 2.37. The summed E-state index contributed by atoms with van der Waals surface area (Å²) in [5, 5.41) is 12.6. The van der Waals surface area contributed by atoms with E-state index in [1.165, 1.54) is 0 Å². The van der Waals surface area contributed by atoms with Crippen LogP contribution in [-0.4, -0.2) is 21.2 Å².